The van der Waals surface area contributed by atoms with Crippen LogP contribution in [0.25, 0.3) is 66.9 Å². The smallest absolute Gasteiger partial charge is 0.0615 e. The number of rotatable bonds is 8. The van der Waals surface area contributed by atoms with Crippen LogP contribution in [-0.4, -0.2) is 14.1 Å². The van der Waals surface area contributed by atoms with Crippen LogP contribution < -0.4 is 14.5 Å². The summed E-state index contributed by atoms with van der Waals surface area (Å²) in [6, 6.07) is 90.1. The number of benzene rings is 10. The number of fused-ring (bicyclic) bond motifs is 7. The van der Waals surface area contributed by atoms with Crippen LogP contribution in [0.15, 0.2) is 255 Å². The molecule has 1 aliphatic heterocycles. The van der Waals surface area contributed by atoms with Crippen molar-refractivity contribution in [1.82, 2.24) is 14.1 Å². The number of para-hydroxylation sites is 6. The quantitative estimate of drug-likeness (QED) is 0.152. The fraction of sp³-hybridized carbons (Fsp3) is 0.154. The third kappa shape index (κ3) is 10.4. The van der Waals surface area contributed by atoms with Gasteiger partial charge in [-0.25, -0.2) is 0 Å². The minimum absolute atomic E-state index is 0.103. The predicted octanol–water partition coefficient (Wildman–Crippen LogP) is 21.5. The number of pyridine rings is 1. The van der Waals surface area contributed by atoms with Crippen LogP contribution in [-0.2, 0) is 35.6 Å². The van der Waals surface area contributed by atoms with Gasteiger partial charge in [0.1, 0.15) is 0 Å². The Morgan fingerprint density at radius 3 is 1.35 bits per heavy atom. The zero-order valence-electron chi connectivity index (χ0n) is 49.7. The van der Waals surface area contributed by atoms with Gasteiger partial charge in [0, 0.05) is 17.4 Å². The molecule has 6 nitrogen and oxygen atoms in total. The molecule has 13 rings (SSSR count). The van der Waals surface area contributed by atoms with Crippen LogP contribution in [0.2, 0.25) is 0 Å². The molecule has 422 valence electrons. The summed E-state index contributed by atoms with van der Waals surface area (Å²) in [5.74, 6) is 2.21. The standard InChI is InChI=1S/C78H69N5O.Pt/c1-76(2,3)55-44-45-79-74(49-55)83-70-39-21-18-33-65(70)64-32-16-19-37-68(64)82(59-47-56(77(4,5)6)46-57(48-59)78(7,8)9)69-38-20-17-34-66(69)67-43-42-61(51-73(67)83)84-60-31-24-30-58(50-60)80-52-81(72-41-23-22-40-71(72)80)75-62(53-26-12-10-13-27-53)35-25-36-63(75)54-28-14-11-15-29-54;/h10-51H,1-9H3;. The molecule has 0 saturated carbocycles. The van der Waals surface area contributed by atoms with Gasteiger partial charge in [-0.05, 0) is 63.3 Å². The second-order valence-corrected chi connectivity index (χ2v) is 26.3. The molecule has 12 aromatic rings. The molecule has 0 atom stereocenters. The minimum Gasteiger partial charge on any atom is -0.0615 e. The van der Waals surface area contributed by atoms with Crippen molar-refractivity contribution < 1.29 is 24.1 Å². The monoisotopic (exact) mass is 1290 g/mol. The van der Waals surface area contributed by atoms with E-state index in [1.165, 1.54) is 16.7 Å². The number of imidazole rings is 1. The molecule has 0 unspecified atom stereocenters. The second-order valence-electron chi connectivity index (χ2n) is 25.3. The van der Waals surface area contributed by atoms with E-state index in [4.69, 9.17) is 9.72 Å². The molecule has 0 radical (unpaired) electrons. The first-order chi connectivity index (χ1) is 41.0. The zero-order valence-corrected chi connectivity index (χ0v) is 52.0. The van der Waals surface area contributed by atoms with E-state index in [2.05, 4.69) is 349 Å². The summed E-state index contributed by atoms with van der Waals surface area (Å²) < 4.78 is 13.0. The van der Waals surface area contributed by atoms with Crippen molar-refractivity contribution in [2.75, 3.05) is 9.80 Å². The van der Waals surface area contributed by atoms with E-state index in [0.717, 1.165) is 105 Å². The average Bonchev–Trinajstić information content (AvgIpc) is 1.92. The van der Waals surface area contributed by atoms with Gasteiger partial charge in [-0.3, -0.25) is 0 Å². The van der Waals surface area contributed by atoms with Crippen molar-refractivity contribution in [2.24, 2.45) is 0 Å². The van der Waals surface area contributed by atoms with Crippen molar-refractivity contribution in [3.05, 3.63) is 275 Å². The Labute approximate surface area is 511 Å². The van der Waals surface area contributed by atoms with Crippen LogP contribution in [0, 0.1) is 3.80 Å². The zero-order chi connectivity index (χ0) is 58.8. The van der Waals surface area contributed by atoms with Crippen LogP contribution in [0.5, 0.6) is 11.5 Å². The predicted molar refractivity (Wildman–Crippen MR) is 351 cm³/mol. The van der Waals surface area contributed by atoms with E-state index >= 15 is 0 Å². The maximum absolute atomic E-state index is 7.23. The first-order valence-electron chi connectivity index (χ1n) is 29.3. The molecular weight excluding hydrogens is 1220 g/mol. The van der Waals surface area contributed by atoms with Gasteiger partial charge >= 0.3 is 306 Å². The number of anilines is 6. The minimum atomic E-state index is -0.141. The second kappa shape index (κ2) is 21.8. The van der Waals surface area contributed by atoms with Crippen LogP contribution in [0.1, 0.15) is 79.0 Å². The van der Waals surface area contributed by atoms with Crippen LogP contribution in [0.3, 0.4) is 0 Å². The Hall–Kier alpha value is -9.09. The average molecular weight is 1290 g/mol. The van der Waals surface area contributed by atoms with Gasteiger partial charge in [-0.1, -0.05) is 117 Å². The molecule has 0 spiro atoms. The van der Waals surface area contributed by atoms with Gasteiger partial charge in [0.25, 0.3) is 0 Å². The van der Waals surface area contributed by atoms with E-state index < -0.39 is 0 Å². The molecule has 1 aliphatic rings. The summed E-state index contributed by atoms with van der Waals surface area (Å²) in [5.41, 5.74) is 21.8. The molecule has 0 bridgehead atoms. The number of ether oxygens (including phenoxy) is 1. The van der Waals surface area contributed by atoms with Gasteiger partial charge in [0.15, 0.2) is 0 Å². The van der Waals surface area contributed by atoms with Gasteiger partial charge < -0.3 is 4.90 Å². The molecule has 0 saturated heterocycles. The molecular formula is C78H69N5OPt. The van der Waals surface area contributed by atoms with Crippen molar-refractivity contribution in [3.63, 3.8) is 0 Å². The number of hydrogen-bond donors (Lipinski definition) is 0. The first-order valence-corrected chi connectivity index (χ1v) is 30.5. The summed E-state index contributed by atoms with van der Waals surface area (Å²) >= 11 is 2.52. The molecule has 0 N–H and O–H groups in total. The Morgan fingerprint density at radius 1 is 0.341 bits per heavy atom. The molecule has 0 amide bonds. The van der Waals surface area contributed by atoms with Gasteiger partial charge in [0.05, 0.1) is 5.69 Å². The molecule has 10 aromatic carbocycles. The number of hydrogen-bond acceptors (Lipinski definition) is 4. The normalized spacial score (nSPS) is 12.6. The van der Waals surface area contributed by atoms with Gasteiger partial charge in [-0.15, -0.1) is 0 Å². The molecule has 0 aliphatic carbocycles. The molecule has 0 fully saturated rings. The Balaban J connectivity index is 1.02. The van der Waals surface area contributed by atoms with E-state index in [1.807, 2.05) is 6.20 Å². The molecule has 3 heterocycles. The maximum atomic E-state index is 7.23. The fourth-order valence-electron chi connectivity index (χ4n) is 12.0. The van der Waals surface area contributed by atoms with Gasteiger partial charge in [0.2, 0.25) is 0 Å². The van der Waals surface area contributed by atoms with Crippen molar-refractivity contribution in [3.8, 4) is 67.4 Å². The summed E-state index contributed by atoms with van der Waals surface area (Å²) in [6.07, 6.45) is 1.96. The van der Waals surface area contributed by atoms with Crippen molar-refractivity contribution >= 4 is 45.3 Å². The Morgan fingerprint density at radius 2 is 0.800 bits per heavy atom. The summed E-state index contributed by atoms with van der Waals surface area (Å²) in [4.78, 5) is 10.1. The van der Waals surface area contributed by atoms with Crippen LogP contribution >= 0.6 is 0 Å². The van der Waals surface area contributed by atoms with E-state index in [0.29, 0.717) is 11.5 Å². The topological polar surface area (TPSA) is 38.5 Å². The number of aromatic nitrogens is 3. The van der Waals surface area contributed by atoms with Crippen LogP contribution in [0.4, 0.5) is 34.3 Å². The Kier molecular flexibility index (Phi) is 14.2. The fourth-order valence-corrected chi connectivity index (χ4v) is 13.0. The third-order valence-electron chi connectivity index (χ3n) is 16.4. The van der Waals surface area contributed by atoms with E-state index in [-0.39, 0.29) is 16.2 Å². The van der Waals surface area contributed by atoms with Crippen molar-refractivity contribution in [1.29, 1.82) is 0 Å². The first kappa shape index (κ1) is 55.1. The third-order valence-corrected chi connectivity index (χ3v) is 17.4. The molecule has 7 heteroatoms. The van der Waals surface area contributed by atoms with E-state index in [9.17, 15) is 0 Å². The SMILES string of the molecule is CC(C)(C)c1cc(N2c3ccccc3-c3ccccc3N(c3cc(C(C)(C)C)ccn3)c3cc(Oc4cccc(-n5[c](=[Pt])n(-c6c(-c7ccccc7)cccc6-c6ccccc6)c6ccccc65)c4)ccc3-c3ccccc32)cc(C(C)(C)C)c1. The van der Waals surface area contributed by atoms with Crippen molar-refractivity contribution in [2.45, 2.75) is 78.6 Å². The molecule has 85 heavy (non-hydrogen) atoms. The number of nitrogens with zero attached hydrogens (tertiary/aromatic N) is 5. The van der Waals surface area contributed by atoms with Gasteiger partial charge in [-0.2, -0.15) is 0 Å². The summed E-state index contributed by atoms with van der Waals surface area (Å²) in [7, 11) is 0. The molecule has 2 aromatic heterocycles. The Bertz CT molecular complexity index is 4460. The summed E-state index contributed by atoms with van der Waals surface area (Å²) in [5, 5.41) is 0. The summed E-state index contributed by atoms with van der Waals surface area (Å²) in [6.45, 7) is 20.7. The van der Waals surface area contributed by atoms with E-state index in [1.54, 1.807) is 0 Å².